The minimum atomic E-state index is 0.151. The van der Waals surface area contributed by atoms with Crippen molar-refractivity contribution in [2.45, 2.75) is 33.6 Å². The smallest absolute Gasteiger partial charge is 0.185 e. The third-order valence-corrected chi connectivity index (χ3v) is 6.22. The van der Waals surface area contributed by atoms with Gasteiger partial charge in [0.1, 0.15) is 0 Å². The second-order valence-electron chi connectivity index (χ2n) is 8.24. The summed E-state index contributed by atoms with van der Waals surface area (Å²) >= 11 is 6.94. The monoisotopic (exact) mass is 486 g/mol. The Balaban J connectivity index is 1.99. The topological polar surface area (TPSA) is 17.1 Å². The highest BCUT2D eigenvalue weighted by Gasteiger charge is 2.34. The summed E-state index contributed by atoms with van der Waals surface area (Å²) in [5, 5.41) is 0. The van der Waals surface area contributed by atoms with Crippen molar-refractivity contribution in [1.82, 2.24) is 0 Å². The maximum Gasteiger partial charge on any atom is 0.185 e. The predicted molar refractivity (Wildman–Crippen MR) is 121 cm³/mol. The van der Waals surface area contributed by atoms with Gasteiger partial charge in [-0.15, -0.1) is 0 Å². The Morgan fingerprint density at radius 2 is 1.15 bits per heavy atom. The molecule has 1 aliphatic rings. The summed E-state index contributed by atoms with van der Waals surface area (Å²) in [5.74, 6) is 0.625. The minimum absolute atomic E-state index is 0.151. The van der Waals surface area contributed by atoms with E-state index in [1.165, 1.54) is 0 Å². The van der Waals surface area contributed by atoms with Gasteiger partial charge in [-0.2, -0.15) is 0 Å². The van der Waals surface area contributed by atoms with Crippen molar-refractivity contribution < 1.29 is 4.79 Å². The highest BCUT2D eigenvalue weighted by Crippen LogP contribution is 2.42. The van der Waals surface area contributed by atoms with Gasteiger partial charge in [-0.3, -0.25) is 4.79 Å². The van der Waals surface area contributed by atoms with Crippen LogP contribution in [0.4, 0.5) is 0 Å². The lowest BCUT2D eigenvalue weighted by molar-refractivity contribution is -0.113. The van der Waals surface area contributed by atoms with Gasteiger partial charge >= 0.3 is 0 Å². The summed E-state index contributed by atoms with van der Waals surface area (Å²) < 4.78 is 2.09. The fourth-order valence-electron chi connectivity index (χ4n) is 3.38. The van der Waals surface area contributed by atoms with Gasteiger partial charge in [0, 0.05) is 20.1 Å². The Kier molecular flexibility index (Phi) is 6.22. The van der Waals surface area contributed by atoms with Crippen molar-refractivity contribution in [2.75, 3.05) is 0 Å². The number of carbonyl (C=O) groups is 1. The van der Waals surface area contributed by atoms with Crippen LogP contribution in [0.1, 0.15) is 44.7 Å². The number of hydrogen-bond donors (Lipinski definition) is 0. The number of hydrogen-bond acceptors (Lipinski definition) is 1. The molecule has 0 aromatic heterocycles. The van der Waals surface area contributed by atoms with E-state index in [0.717, 1.165) is 44.1 Å². The molecule has 0 atom stereocenters. The van der Waals surface area contributed by atoms with Gasteiger partial charge in [0.2, 0.25) is 0 Å². The predicted octanol–water partition coefficient (Wildman–Crippen LogP) is 7.70. The number of rotatable bonds is 2. The highest BCUT2D eigenvalue weighted by atomic mass is 79.9. The van der Waals surface area contributed by atoms with Crippen LogP contribution >= 0.6 is 31.9 Å². The summed E-state index contributed by atoms with van der Waals surface area (Å²) in [6.45, 7) is 6.80. The van der Waals surface area contributed by atoms with Crippen LogP contribution in [0.5, 0.6) is 0 Å². The SMILES string of the molecule is CC(C)(C)C1C/C(=C\c2ccc(Br)cc2)C(=O)/C(=C/c2ccc(Br)cc2)C1. The molecule has 0 N–H and O–H groups in total. The van der Waals surface area contributed by atoms with E-state index in [4.69, 9.17) is 0 Å². The van der Waals surface area contributed by atoms with Crippen molar-refractivity contribution in [3.63, 3.8) is 0 Å². The van der Waals surface area contributed by atoms with Gasteiger partial charge in [0.25, 0.3) is 0 Å². The Bertz CT molecular complexity index is 814. The molecule has 3 heteroatoms. The van der Waals surface area contributed by atoms with E-state index in [2.05, 4.69) is 64.8 Å². The van der Waals surface area contributed by atoms with E-state index >= 15 is 0 Å². The van der Waals surface area contributed by atoms with Crippen molar-refractivity contribution in [3.05, 3.63) is 79.7 Å². The number of ketones is 1. The quantitative estimate of drug-likeness (QED) is 0.396. The second kappa shape index (κ2) is 8.28. The molecular weight excluding hydrogens is 464 g/mol. The summed E-state index contributed by atoms with van der Waals surface area (Å²) in [6.07, 6.45) is 5.77. The molecule has 0 spiro atoms. The number of benzene rings is 2. The van der Waals surface area contributed by atoms with Crippen LogP contribution in [0.25, 0.3) is 12.2 Å². The zero-order valence-corrected chi connectivity index (χ0v) is 19.1. The zero-order valence-electron chi connectivity index (χ0n) is 15.9. The summed E-state index contributed by atoms with van der Waals surface area (Å²) in [7, 11) is 0. The molecule has 27 heavy (non-hydrogen) atoms. The molecule has 1 aliphatic carbocycles. The molecule has 140 valence electrons. The number of allylic oxidation sites excluding steroid dienone is 2. The third kappa shape index (κ3) is 5.30. The second-order valence-corrected chi connectivity index (χ2v) is 10.1. The van der Waals surface area contributed by atoms with Crippen molar-refractivity contribution >= 4 is 49.8 Å². The third-order valence-electron chi connectivity index (χ3n) is 5.16. The Morgan fingerprint density at radius 3 is 1.48 bits per heavy atom. The Morgan fingerprint density at radius 1 is 0.778 bits per heavy atom. The lowest BCUT2D eigenvalue weighted by Crippen LogP contribution is -2.29. The van der Waals surface area contributed by atoms with Gasteiger partial charge in [-0.1, -0.05) is 76.9 Å². The van der Waals surface area contributed by atoms with Gasteiger partial charge in [0.15, 0.2) is 5.78 Å². The standard InChI is InChI=1S/C24H24Br2O/c1-24(2,3)20-14-18(12-16-4-8-21(25)9-5-16)23(27)19(15-20)13-17-6-10-22(26)11-7-17/h4-13,20H,14-15H2,1-3H3/b18-12+,19-13+. The van der Waals surface area contributed by atoms with Crippen LogP contribution in [-0.2, 0) is 4.79 Å². The normalized spacial score (nSPS) is 21.1. The maximum atomic E-state index is 13.2. The van der Waals surface area contributed by atoms with Gasteiger partial charge in [-0.05, 0) is 71.7 Å². The number of carbonyl (C=O) groups excluding carboxylic acids is 1. The van der Waals surface area contributed by atoms with Gasteiger partial charge in [-0.25, -0.2) is 0 Å². The van der Waals surface area contributed by atoms with Crippen LogP contribution < -0.4 is 0 Å². The van der Waals surface area contributed by atoms with Crippen LogP contribution in [0, 0.1) is 11.3 Å². The molecule has 0 radical (unpaired) electrons. The van der Waals surface area contributed by atoms with Crippen molar-refractivity contribution in [3.8, 4) is 0 Å². The van der Waals surface area contributed by atoms with E-state index < -0.39 is 0 Å². The summed E-state index contributed by atoms with van der Waals surface area (Å²) in [5.41, 5.74) is 4.11. The molecule has 0 unspecified atom stereocenters. The highest BCUT2D eigenvalue weighted by molar-refractivity contribution is 9.10. The first kappa shape index (κ1) is 20.3. The maximum absolute atomic E-state index is 13.2. The van der Waals surface area contributed by atoms with Gasteiger partial charge in [0.05, 0.1) is 0 Å². The largest absolute Gasteiger partial charge is 0.289 e. The Hall–Kier alpha value is -1.45. The lowest BCUT2D eigenvalue weighted by Gasteiger charge is -2.35. The average Bonchev–Trinajstić information content (AvgIpc) is 2.61. The van der Waals surface area contributed by atoms with Gasteiger partial charge < -0.3 is 0 Å². The van der Waals surface area contributed by atoms with E-state index in [-0.39, 0.29) is 11.2 Å². The van der Waals surface area contributed by atoms with E-state index in [0.29, 0.717) is 5.92 Å². The van der Waals surface area contributed by atoms with E-state index in [9.17, 15) is 4.79 Å². The molecule has 1 nitrogen and oxygen atoms in total. The molecule has 0 amide bonds. The molecule has 0 bridgehead atoms. The van der Waals surface area contributed by atoms with Crippen molar-refractivity contribution in [2.24, 2.45) is 11.3 Å². The van der Waals surface area contributed by atoms with Crippen LogP contribution in [0.2, 0.25) is 0 Å². The van der Waals surface area contributed by atoms with E-state index in [1.807, 2.05) is 48.5 Å². The number of Topliss-reactive ketones (excluding diaryl/α,β-unsaturated/α-hetero) is 1. The molecular formula is C24H24Br2O. The zero-order chi connectivity index (χ0) is 19.6. The molecule has 1 saturated carbocycles. The van der Waals surface area contributed by atoms with Crippen LogP contribution in [-0.4, -0.2) is 5.78 Å². The molecule has 1 fully saturated rings. The summed E-state index contributed by atoms with van der Waals surface area (Å²) in [6, 6.07) is 16.2. The summed E-state index contributed by atoms with van der Waals surface area (Å²) in [4.78, 5) is 13.2. The first-order valence-electron chi connectivity index (χ1n) is 9.19. The first-order chi connectivity index (χ1) is 12.7. The molecule has 0 saturated heterocycles. The fraction of sp³-hybridized carbons (Fsp3) is 0.292. The van der Waals surface area contributed by atoms with Crippen LogP contribution in [0.15, 0.2) is 68.6 Å². The molecule has 0 aliphatic heterocycles. The van der Waals surface area contributed by atoms with Crippen LogP contribution in [0.3, 0.4) is 0 Å². The number of halogens is 2. The molecule has 2 aromatic rings. The Labute approximate surface area is 178 Å². The van der Waals surface area contributed by atoms with E-state index in [1.54, 1.807) is 0 Å². The average molecular weight is 488 g/mol. The van der Waals surface area contributed by atoms with Crippen molar-refractivity contribution in [1.29, 1.82) is 0 Å². The minimum Gasteiger partial charge on any atom is -0.289 e. The molecule has 0 heterocycles. The molecule has 2 aromatic carbocycles. The fourth-order valence-corrected chi connectivity index (χ4v) is 3.91. The first-order valence-corrected chi connectivity index (χ1v) is 10.8. The lowest BCUT2D eigenvalue weighted by atomic mass is 9.68. The molecule has 3 rings (SSSR count).